The maximum Gasteiger partial charge on any atom is 0.336 e. The zero-order valence-corrected chi connectivity index (χ0v) is 14.7. The number of aliphatic hydroxyl groups is 1. The lowest BCUT2D eigenvalue weighted by molar-refractivity contribution is -0.157. The van der Waals surface area contributed by atoms with Crippen LogP contribution in [0.25, 0.3) is 11.0 Å². The van der Waals surface area contributed by atoms with E-state index >= 15 is 0 Å². The maximum atomic E-state index is 12.0. The molecule has 0 saturated carbocycles. The summed E-state index contributed by atoms with van der Waals surface area (Å²) in [5.74, 6) is -0.629. The van der Waals surface area contributed by atoms with Crippen molar-refractivity contribution in [2.75, 3.05) is 0 Å². The first-order chi connectivity index (χ1) is 11.6. The van der Waals surface area contributed by atoms with Gasteiger partial charge in [-0.25, -0.2) is 9.59 Å². The second-order valence-corrected chi connectivity index (χ2v) is 6.50. The number of carbonyl (C=O) groups excluding carboxylic acids is 1. The zero-order chi connectivity index (χ0) is 18.8. The van der Waals surface area contributed by atoms with Gasteiger partial charge in [0.15, 0.2) is 0 Å². The van der Waals surface area contributed by atoms with E-state index in [-0.39, 0.29) is 17.8 Å². The van der Waals surface area contributed by atoms with Crippen LogP contribution in [-0.4, -0.2) is 27.9 Å². The second-order valence-electron chi connectivity index (χ2n) is 6.50. The third kappa shape index (κ3) is 4.48. The number of aromatic hydroxyl groups is 1. The van der Waals surface area contributed by atoms with E-state index in [1.807, 2.05) is 0 Å². The number of carbonyl (C=O) groups is 1. The molecule has 134 valence electrons. The summed E-state index contributed by atoms with van der Waals surface area (Å²) >= 11 is 0. The predicted octanol–water partition coefficient (Wildman–Crippen LogP) is 2.69. The molecule has 0 aliphatic rings. The summed E-state index contributed by atoms with van der Waals surface area (Å²) in [6.45, 7) is 6.41. The van der Waals surface area contributed by atoms with Gasteiger partial charge in [-0.05, 0) is 45.4 Å². The molecule has 1 heterocycles. The van der Waals surface area contributed by atoms with E-state index < -0.39 is 23.3 Å². The minimum Gasteiger partial charge on any atom is -0.508 e. The second kappa shape index (κ2) is 7.11. The van der Waals surface area contributed by atoms with Gasteiger partial charge in [-0.1, -0.05) is 6.08 Å². The number of allylic oxidation sites excluding steroid dienone is 1. The van der Waals surface area contributed by atoms with Crippen molar-refractivity contribution in [2.45, 2.75) is 45.8 Å². The van der Waals surface area contributed by atoms with Gasteiger partial charge < -0.3 is 19.4 Å². The molecule has 0 saturated heterocycles. The summed E-state index contributed by atoms with van der Waals surface area (Å²) in [6, 6.07) is 5.85. The highest BCUT2D eigenvalue weighted by Gasteiger charge is 2.32. The molecule has 6 nitrogen and oxygen atoms in total. The first-order valence-corrected chi connectivity index (χ1v) is 7.94. The van der Waals surface area contributed by atoms with Crippen molar-refractivity contribution >= 4 is 16.9 Å². The molecule has 1 aromatic carbocycles. The van der Waals surface area contributed by atoms with Crippen LogP contribution in [0.15, 0.2) is 45.1 Å². The number of hydrogen-bond acceptors (Lipinski definition) is 6. The average Bonchev–Trinajstić information content (AvgIpc) is 2.53. The Morgan fingerprint density at radius 3 is 2.64 bits per heavy atom. The van der Waals surface area contributed by atoms with E-state index in [1.165, 1.54) is 26.0 Å². The van der Waals surface area contributed by atoms with Gasteiger partial charge in [0.25, 0.3) is 0 Å². The van der Waals surface area contributed by atoms with Crippen molar-refractivity contribution in [3.8, 4) is 5.75 Å². The van der Waals surface area contributed by atoms with Gasteiger partial charge in [0.1, 0.15) is 17.4 Å². The highest BCUT2D eigenvalue weighted by atomic mass is 16.6. The number of phenols is 1. The summed E-state index contributed by atoms with van der Waals surface area (Å²) < 4.78 is 10.4. The molecule has 0 spiro atoms. The fourth-order valence-corrected chi connectivity index (χ4v) is 2.29. The Labute approximate surface area is 145 Å². The molecular formula is C19H22O6. The lowest BCUT2D eigenvalue weighted by Crippen LogP contribution is -2.41. The molecule has 0 fully saturated rings. The maximum absolute atomic E-state index is 12.0. The molecule has 2 N–H and O–H groups in total. The van der Waals surface area contributed by atoms with E-state index in [4.69, 9.17) is 9.15 Å². The van der Waals surface area contributed by atoms with E-state index in [0.717, 1.165) is 0 Å². The van der Waals surface area contributed by atoms with E-state index in [0.29, 0.717) is 16.5 Å². The highest BCUT2D eigenvalue weighted by molar-refractivity contribution is 5.87. The summed E-state index contributed by atoms with van der Waals surface area (Å²) in [7, 11) is 0. The number of benzene rings is 1. The molecule has 2 rings (SSSR count). The Kier molecular flexibility index (Phi) is 5.33. The third-order valence-electron chi connectivity index (χ3n) is 4.02. The number of fused-ring (bicyclic) bond motifs is 1. The SMILES string of the molecule is CC=C(C)C(=O)OC(Cc1cc2ccc(=O)oc2cc1O)C(C)(C)O. The van der Waals surface area contributed by atoms with Crippen LogP contribution in [0.5, 0.6) is 5.75 Å². The summed E-state index contributed by atoms with van der Waals surface area (Å²) in [5.41, 5.74) is -0.660. The van der Waals surface area contributed by atoms with Crippen molar-refractivity contribution < 1.29 is 24.2 Å². The smallest absolute Gasteiger partial charge is 0.336 e. The first kappa shape index (κ1) is 18.7. The molecule has 1 unspecified atom stereocenters. The molecule has 0 aliphatic carbocycles. The van der Waals surface area contributed by atoms with Gasteiger partial charge in [-0.3, -0.25) is 0 Å². The summed E-state index contributed by atoms with van der Waals surface area (Å²) in [6.07, 6.45) is 0.862. The van der Waals surface area contributed by atoms with E-state index in [1.54, 1.807) is 32.1 Å². The van der Waals surface area contributed by atoms with Crippen molar-refractivity contribution in [1.29, 1.82) is 0 Å². The monoisotopic (exact) mass is 346 g/mol. The number of ether oxygens (including phenoxy) is 1. The molecule has 0 radical (unpaired) electrons. The van der Waals surface area contributed by atoms with Crippen LogP contribution < -0.4 is 5.63 Å². The number of esters is 1. The van der Waals surface area contributed by atoms with Crippen molar-refractivity contribution in [1.82, 2.24) is 0 Å². The van der Waals surface area contributed by atoms with Crippen molar-refractivity contribution in [3.63, 3.8) is 0 Å². The topological polar surface area (TPSA) is 97.0 Å². The van der Waals surface area contributed by atoms with Gasteiger partial charge in [-0.15, -0.1) is 0 Å². The highest BCUT2D eigenvalue weighted by Crippen LogP contribution is 2.28. The van der Waals surface area contributed by atoms with Gasteiger partial charge in [-0.2, -0.15) is 0 Å². The third-order valence-corrected chi connectivity index (χ3v) is 4.02. The summed E-state index contributed by atoms with van der Waals surface area (Å²) in [5, 5.41) is 21.2. The zero-order valence-electron chi connectivity index (χ0n) is 14.7. The van der Waals surface area contributed by atoms with Crippen LogP contribution in [0, 0.1) is 0 Å². The van der Waals surface area contributed by atoms with Crippen LogP contribution in [0.2, 0.25) is 0 Å². The fraction of sp³-hybridized carbons (Fsp3) is 0.368. The Hall–Kier alpha value is -2.60. The molecule has 6 heteroatoms. The van der Waals surface area contributed by atoms with Crippen molar-refractivity contribution in [3.05, 3.63) is 51.9 Å². The largest absolute Gasteiger partial charge is 0.508 e. The van der Waals surface area contributed by atoms with Crippen LogP contribution >= 0.6 is 0 Å². The molecule has 25 heavy (non-hydrogen) atoms. The number of phenolic OH excluding ortho intramolecular Hbond substituents is 1. The van der Waals surface area contributed by atoms with Gasteiger partial charge in [0.05, 0.1) is 5.60 Å². The molecule has 1 atom stereocenters. The Bertz CT molecular complexity index is 870. The lowest BCUT2D eigenvalue weighted by atomic mass is 9.94. The molecule has 1 aromatic heterocycles. The predicted molar refractivity (Wildman–Crippen MR) is 93.5 cm³/mol. The van der Waals surface area contributed by atoms with Gasteiger partial charge in [0.2, 0.25) is 0 Å². The quantitative estimate of drug-likeness (QED) is 0.491. The van der Waals surface area contributed by atoms with E-state index in [9.17, 15) is 19.8 Å². The number of hydrogen-bond donors (Lipinski definition) is 2. The first-order valence-electron chi connectivity index (χ1n) is 7.94. The van der Waals surface area contributed by atoms with Gasteiger partial charge in [0, 0.05) is 29.5 Å². The van der Waals surface area contributed by atoms with Crippen LogP contribution in [0.4, 0.5) is 0 Å². The van der Waals surface area contributed by atoms with Crippen LogP contribution in [0.1, 0.15) is 33.3 Å². The molecule has 0 aliphatic heterocycles. The molecular weight excluding hydrogens is 324 g/mol. The Morgan fingerprint density at radius 2 is 2.04 bits per heavy atom. The Morgan fingerprint density at radius 1 is 1.36 bits per heavy atom. The normalized spacial score (nSPS) is 13.7. The minimum absolute atomic E-state index is 0.102. The average molecular weight is 346 g/mol. The van der Waals surface area contributed by atoms with E-state index in [2.05, 4.69) is 0 Å². The lowest BCUT2D eigenvalue weighted by Gasteiger charge is -2.29. The van der Waals surface area contributed by atoms with Crippen LogP contribution in [-0.2, 0) is 16.0 Å². The fourth-order valence-electron chi connectivity index (χ4n) is 2.29. The van der Waals surface area contributed by atoms with Gasteiger partial charge >= 0.3 is 11.6 Å². The van der Waals surface area contributed by atoms with Crippen LogP contribution in [0.3, 0.4) is 0 Å². The standard InChI is InChI=1S/C19H22O6/c1-5-11(2)18(22)25-16(19(3,4)23)9-13-8-12-6-7-17(21)24-15(12)10-14(13)20/h5-8,10,16,20,23H,9H2,1-4H3. The summed E-state index contributed by atoms with van der Waals surface area (Å²) in [4.78, 5) is 23.3. The van der Waals surface area contributed by atoms with Crippen molar-refractivity contribution in [2.24, 2.45) is 0 Å². The number of rotatable bonds is 5. The molecule has 0 amide bonds. The minimum atomic E-state index is -1.31. The molecule has 0 bridgehead atoms. The molecule has 2 aromatic rings. The Balaban J connectivity index is 2.37.